The Morgan fingerprint density at radius 1 is 0.373 bits per heavy atom. The van der Waals surface area contributed by atoms with Crippen LogP contribution in [-0.2, 0) is 19.1 Å². The normalized spacial score (nSPS) is 12.1. The molecule has 0 spiro atoms. The number of rotatable bonds is 50. The number of hydrogen-bond acceptors (Lipinski definition) is 5. The lowest BCUT2D eigenvalue weighted by molar-refractivity contribution is -0.161. The van der Waals surface area contributed by atoms with Crippen LogP contribution in [0.4, 0.5) is 0 Å². The summed E-state index contributed by atoms with van der Waals surface area (Å²) in [7, 11) is 0. The zero-order valence-corrected chi connectivity index (χ0v) is 40.0. The summed E-state index contributed by atoms with van der Waals surface area (Å²) in [4.78, 5) is 24.4. The molecule has 1 N–H and O–H groups in total. The third-order valence-corrected chi connectivity index (χ3v) is 12.3. The molecule has 0 aromatic rings. The van der Waals surface area contributed by atoms with Crippen LogP contribution in [-0.4, -0.2) is 36.4 Å². The highest BCUT2D eigenvalue weighted by atomic mass is 16.6. The van der Waals surface area contributed by atoms with Crippen molar-refractivity contribution in [2.24, 2.45) is 0 Å². The fraction of sp³-hybridized carbons (Fsp3) is 0.926. The van der Waals surface area contributed by atoms with Crippen LogP contribution in [0.15, 0.2) is 12.2 Å². The van der Waals surface area contributed by atoms with Crippen LogP contribution in [0.1, 0.15) is 303 Å². The molecule has 0 amide bonds. The van der Waals surface area contributed by atoms with Crippen molar-refractivity contribution in [3.05, 3.63) is 12.2 Å². The van der Waals surface area contributed by atoms with E-state index in [0.29, 0.717) is 12.8 Å². The van der Waals surface area contributed by atoms with Crippen molar-refractivity contribution < 1.29 is 24.2 Å². The highest BCUT2D eigenvalue weighted by molar-refractivity contribution is 5.70. The van der Waals surface area contributed by atoms with Crippen molar-refractivity contribution >= 4 is 11.9 Å². The number of carbonyl (C=O) groups excluding carboxylic acids is 2. The molecule has 0 saturated carbocycles. The summed E-state index contributed by atoms with van der Waals surface area (Å²) in [5.74, 6) is -0.584. The zero-order chi connectivity index (χ0) is 42.8. The predicted octanol–water partition coefficient (Wildman–Crippen LogP) is 17.6. The van der Waals surface area contributed by atoms with Crippen LogP contribution in [0.5, 0.6) is 0 Å². The molecule has 0 aliphatic rings. The minimum Gasteiger partial charge on any atom is -0.462 e. The second-order valence-electron chi connectivity index (χ2n) is 18.3. The van der Waals surface area contributed by atoms with Crippen molar-refractivity contribution in [3.8, 4) is 0 Å². The van der Waals surface area contributed by atoms with Crippen molar-refractivity contribution in [3.63, 3.8) is 0 Å². The summed E-state index contributed by atoms with van der Waals surface area (Å²) in [6.45, 7) is 4.16. The Balaban J connectivity index is 3.36. The summed E-state index contributed by atoms with van der Waals surface area (Å²) < 4.78 is 10.7. The van der Waals surface area contributed by atoms with Gasteiger partial charge in [0.05, 0.1) is 6.61 Å². The number of carbonyl (C=O) groups is 2. The molecule has 59 heavy (non-hydrogen) atoms. The number of ether oxygens (including phenoxy) is 2. The molecule has 0 aromatic heterocycles. The second-order valence-corrected chi connectivity index (χ2v) is 18.3. The number of aliphatic hydroxyl groups is 1. The zero-order valence-electron chi connectivity index (χ0n) is 40.0. The summed E-state index contributed by atoms with van der Waals surface area (Å²) in [6, 6.07) is 0. The van der Waals surface area contributed by atoms with Crippen molar-refractivity contribution in [2.45, 2.75) is 309 Å². The third kappa shape index (κ3) is 49.2. The van der Waals surface area contributed by atoms with Crippen LogP contribution in [0.2, 0.25) is 0 Å². The largest absolute Gasteiger partial charge is 0.462 e. The molecule has 0 fully saturated rings. The molecule has 0 aliphatic carbocycles. The summed E-state index contributed by atoms with van der Waals surface area (Å²) in [5, 5.41) is 9.60. The Labute approximate surface area is 369 Å². The highest BCUT2D eigenvalue weighted by Crippen LogP contribution is 2.17. The fourth-order valence-corrected chi connectivity index (χ4v) is 8.26. The van der Waals surface area contributed by atoms with Gasteiger partial charge in [-0.25, -0.2) is 0 Å². The molecule has 0 heterocycles. The Kier molecular flexibility index (Phi) is 49.8. The van der Waals surface area contributed by atoms with Gasteiger partial charge in [0.2, 0.25) is 0 Å². The van der Waals surface area contributed by atoms with Crippen molar-refractivity contribution in [2.75, 3.05) is 13.2 Å². The molecule has 0 rings (SSSR count). The van der Waals surface area contributed by atoms with E-state index in [0.717, 1.165) is 38.5 Å². The van der Waals surface area contributed by atoms with E-state index in [4.69, 9.17) is 9.47 Å². The molecule has 0 aromatic carbocycles. The molecule has 1 unspecified atom stereocenters. The predicted molar refractivity (Wildman–Crippen MR) is 256 cm³/mol. The van der Waals surface area contributed by atoms with Crippen LogP contribution >= 0.6 is 0 Å². The topological polar surface area (TPSA) is 72.8 Å². The van der Waals surface area contributed by atoms with Crippen molar-refractivity contribution in [1.29, 1.82) is 0 Å². The number of unbranched alkanes of at least 4 members (excludes halogenated alkanes) is 40. The van der Waals surface area contributed by atoms with E-state index >= 15 is 0 Å². The van der Waals surface area contributed by atoms with E-state index in [2.05, 4.69) is 26.0 Å². The minimum absolute atomic E-state index is 0.0627. The quantitative estimate of drug-likeness (QED) is 0.0375. The first kappa shape index (κ1) is 57.6. The molecule has 5 nitrogen and oxygen atoms in total. The highest BCUT2D eigenvalue weighted by Gasteiger charge is 2.16. The maximum atomic E-state index is 12.2. The molecular weight excluding hydrogens is 729 g/mol. The van der Waals surface area contributed by atoms with Gasteiger partial charge < -0.3 is 14.6 Å². The first-order valence-electron chi connectivity index (χ1n) is 26.7. The van der Waals surface area contributed by atoms with Gasteiger partial charge in [-0.3, -0.25) is 9.59 Å². The molecule has 0 saturated heterocycles. The Morgan fingerprint density at radius 3 is 0.932 bits per heavy atom. The summed E-state index contributed by atoms with van der Waals surface area (Å²) >= 11 is 0. The Bertz CT molecular complexity index is 856. The number of allylic oxidation sites excluding steroid dienone is 2. The van der Waals surface area contributed by atoms with E-state index in [1.54, 1.807) is 0 Å². The molecule has 0 radical (unpaired) electrons. The van der Waals surface area contributed by atoms with Gasteiger partial charge in [-0.05, 0) is 38.5 Å². The number of aliphatic hydroxyl groups excluding tert-OH is 1. The smallest absolute Gasteiger partial charge is 0.306 e. The van der Waals surface area contributed by atoms with Crippen LogP contribution < -0.4 is 0 Å². The van der Waals surface area contributed by atoms with Gasteiger partial charge in [-0.2, -0.15) is 0 Å². The van der Waals surface area contributed by atoms with Crippen LogP contribution in [0.3, 0.4) is 0 Å². The van der Waals surface area contributed by atoms with E-state index in [9.17, 15) is 14.7 Å². The first-order valence-corrected chi connectivity index (χ1v) is 26.7. The molecule has 0 aliphatic heterocycles. The van der Waals surface area contributed by atoms with Gasteiger partial charge in [-0.1, -0.05) is 264 Å². The van der Waals surface area contributed by atoms with Crippen LogP contribution in [0.25, 0.3) is 0 Å². The lowest BCUT2D eigenvalue weighted by Gasteiger charge is -2.15. The standard InChI is InChI=1S/C54H104O5/c1-3-5-7-9-11-13-15-17-18-19-20-21-22-23-24-25-26-27-28-29-30-31-32-33-34-35-37-38-40-42-44-46-48-53(56)58-51-52(50-55)59-54(57)49-47-45-43-41-39-36-16-14-12-10-8-6-4-2/h14,16,52,55H,3-13,15,17-51H2,1-2H3/b16-14-. The minimum atomic E-state index is -0.770. The fourth-order valence-electron chi connectivity index (χ4n) is 8.26. The van der Waals surface area contributed by atoms with Gasteiger partial charge in [0.1, 0.15) is 6.61 Å². The molecule has 5 heteroatoms. The van der Waals surface area contributed by atoms with Crippen molar-refractivity contribution in [1.82, 2.24) is 0 Å². The lowest BCUT2D eigenvalue weighted by Crippen LogP contribution is -2.28. The number of hydrogen-bond donors (Lipinski definition) is 1. The van der Waals surface area contributed by atoms with E-state index in [1.807, 2.05) is 0 Å². The van der Waals surface area contributed by atoms with E-state index in [1.165, 1.54) is 238 Å². The monoisotopic (exact) mass is 833 g/mol. The lowest BCUT2D eigenvalue weighted by atomic mass is 10.0. The summed E-state index contributed by atoms with van der Waals surface area (Å²) in [6.07, 6.45) is 62.0. The molecule has 1 atom stereocenters. The number of esters is 2. The Morgan fingerprint density at radius 2 is 0.627 bits per heavy atom. The van der Waals surface area contributed by atoms with E-state index in [-0.39, 0.29) is 25.2 Å². The van der Waals surface area contributed by atoms with Gasteiger partial charge in [-0.15, -0.1) is 0 Å². The molecule has 0 bridgehead atoms. The first-order chi connectivity index (χ1) is 29.1. The summed E-state index contributed by atoms with van der Waals surface area (Å²) in [5.41, 5.74) is 0. The van der Waals surface area contributed by atoms with Gasteiger partial charge >= 0.3 is 11.9 Å². The van der Waals surface area contributed by atoms with E-state index < -0.39 is 6.10 Å². The second kappa shape index (κ2) is 51.0. The Hall–Kier alpha value is -1.36. The SMILES string of the molecule is CCCCCC/C=C\CCCCCCCC(=O)OC(CO)COC(=O)CCCCCCCCCCCCCCCCCCCCCCCCCCCCCCCCCC. The molecular formula is C54H104O5. The van der Waals surface area contributed by atoms with Gasteiger partial charge in [0.25, 0.3) is 0 Å². The maximum absolute atomic E-state index is 12.2. The average Bonchev–Trinajstić information content (AvgIpc) is 3.24. The maximum Gasteiger partial charge on any atom is 0.306 e. The average molecular weight is 833 g/mol. The van der Waals surface area contributed by atoms with Crippen LogP contribution in [0, 0.1) is 0 Å². The van der Waals surface area contributed by atoms with Gasteiger partial charge in [0, 0.05) is 12.8 Å². The molecule has 350 valence electrons. The van der Waals surface area contributed by atoms with Gasteiger partial charge in [0.15, 0.2) is 6.10 Å². The third-order valence-electron chi connectivity index (χ3n) is 12.3.